The molecule has 0 aliphatic rings. The first-order chi connectivity index (χ1) is 6.70. The van der Waals surface area contributed by atoms with Gasteiger partial charge in [-0.3, -0.25) is 0 Å². The van der Waals surface area contributed by atoms with E-state index in [2.05, 4.69) is 16.9 Å². The van der Waals surface area contributed by atoms with Crippen molar-refractivity contribution in [3.8, 4) is 0 Å². The molecular weight excluding hydrogens is 216 g/mol. The number of rotatable bonds is 7. The van der Waals surface area contributed by atoms with Gasteiger partial charge in [-0.05, 0) is 37.6 Å². The van der Waals surface area contributed by atoms with E-state index in [0.29, 0.717) is 0 Å². The second kappa shape index (κ2) is 9.55. The number of hydrogen-bond donors (Lipinski definition) is 2. The van der Waals surface area contributed by atoms with Crippen LogP contribution >= 0.6 is 24.0 Å². The van der Waals surface area contributed by atoms with Crippen LogP contribution in [0.15, 0.2) is 0 Å². The summed E-state index contributed by atoms with van der Waals surface area (Å²) in [6, 6.07) is 0. The van der Waals surface area contributed by atoms with E-state index in [1.165, 1.54) is 5.75 Å². The Balaban J connectivity index is 3.28. The largest absolute Gasteiger partial charge is 0.380 e. The molecule has 1 unspecified atom stereocenters. The summed E-state index contributed by atoms with van der Waals surface area (Å²) >= 11 is 6.94. The maximum absolute atomic E-state index is 5.09. The summed E-state index contributed by atoms with van der Waals surface area (Å²) in [6.07, 6.45) is 3.44. The second-order valence-corrected chi connectivity index (χ2v) is 4.42. The zero-order valence-corrected chi connectivity index (χ0v) is 10.8. The molecule has 1 atom stereocenters. The summed E-state index contributed by atoms with van der Waals surface area (Å²) in [5.74, 6) is 1.17. The van der Waals surface area contributed by atoms with Crippen molar-refractivity contribution in [1.82, 2.24) is 10.6 Å². The van der Waals surface area contributed by atoms with Crippen LogP contribution in [0.3, 0.4) is 0 Å². The Morgan fingerprint density at radius 2 is 2.21 bits per heavy atom. The van der Waals surface area contributed by atoms with Crippen molar-refractivity contribution in [1.29, 1.82) is 0 Å². The van der Waals surface area contributed by atoms with Gasteiger partial charge in [0.15, 0.2) is 5.11 Å². The molecule has 5 heteroatoms. The van der Waals surface area contributed by atoms with Crippen LogP contribution in [0.1, 0.15) is 13.3 Å². The summed E-state index contributed by atoms with van der Waals surface area (Å²) in [6.45, 7) is 3.70. The second-order valence-electron chi connectivity index (χ2n) is 3.03. The summed E-state index contributed by atoms with van der Waals surface area (Å²) in [4.78, 5) is 0. The Labute approximate surface area is 96.4 Å². The molecule has 0 aliphatic carbocycles. The van der Waals surface area contributed by atoms with Crippen molar-refractivity contribution in [3.63, 3.8) is 0 Å². The van der Waals surface area contributed by atoms with Crippen molar-refractivity contribution in [3.05, 3.63) is 0 Å². The van der Waals surface area contributed by atoms with Gasteiger partial charge in [0.25, 0.3) is 0 Å². The van der Waals surface area contributed by atoms with E-state index in [0.717, 1.165) is 24.6 Å². The number of hydrogen-bond acceptors (Lipinski definition) is 3. The highest BCUT2D eigenvalue weighted by Gasteiger charge is 1.99. The molecule has 0 aromatic heterocycles. The van der Waals surface area contributed by atoms with Gasteiger partial charge in [0.05, 0.1) is 6.10 Å². The Kier molecular flexibility index (Phi) is 9.55. The number of nitrogens with one attached hydrogen (secondary N) is 2. The van der Waals surface area contributed by atoms with Crippen LogP contribution in [0, 0.1) is 0 Å². The predicted octanol–water partition coefficient (Wildman–Crippen LogP) is 1.24. The van der Waals surface area contributed by atoms with Gasteiger partial charge in [-0.1, -0.05) is 0 Å². The first-order valence-corrected chi connectivity index (χ1v) is 6.54. The monoisotopic (exact) mass is 236 g/mol. The van der Waals surface area contributed by atoms with E-state index in [-0.39, 0.29) is 6.10 Å². The molecule has 2 N–H and O–H groups in total. The van der Waals surface area contributed by atoms with Crippen molar-refractivity contribution < 1.29 is 4.74 Å². The molecule has 0 fully saturated rings. The fourth-order valence-electron chi connectivity index (χ4n) is 0.801. The molecular formula is C9H20N2OS2. The third-order valence-electron chi connectivity index (χ3n) is 1.76. The van der Waals surface area contributed by atoms with E-state index >= 15 is 0 Å². The van der Waals surface area contributed by atoms with Crippen LogP contribution in [0.2, 0.25) is 0 Å². The van der Waals surface area contributed by atoms with Crippen molar-refractivity contribution in [2.75, 3.05) is 32.2 Å². The van der Waals surface area contributed by atoms with Gasteiger partial charge in [-0.15, -0.1) is 0 Å². The highest BCUT2D eigenvalue weighted by Crippen LogP contribution is 1.93. The number of thioether (sulfide) groups is 1. The van der Waals surface area contributed by atoms with Gasteiger partial charge in [-0.25, -0.2) is 0 Å². The maximum Gasteiger partial charge on any atom is 0.166 e. The Morgan fingerprint density at radius 3 is 2.79 bits per heavy atom. The average molecular weight is 236 g/mol. The zero-order valence-electron chi connectivity index (χ0n) is 9.13. The molecule has 0 saturated heterocycles. The molecule has 0 radical (unpaired) electrons. The Hall–Kier alpha value is 0. The van der Waals surface area contributed by atoms with E-state index in [1.807, 2.05) is 18.7 Å². The molecule has 0 aromatic carbocycles. The highest BCUT2D eigenvalue weighted by molar-refractivity contribution is 7.98. The van der Waals surface area contributed by atoms with Gasteiger partial charge >= 0.3 is 0 Å². The van der Waals surface area contributed by atoms with Crippen LogP contribution in [0.5, 0.6) is 0 Å². The van der Waals surface area contributed by atoms with Crippen LogP contribution in [0.25, 0.3) is 0 Å². The normalized spacial score (nSPS) is 12.2. The molecule has 0 bridgehead atoms. The van der Waals surface area contributed by atoms with Crippen molar-refractivity contribution >= 4 is 29.1 Å². The maximum atomic E-state index is 5.09. The van der Waals surface area contributed by atoms with Gasteiger partial charge in [0, 0.05) is 20.2 Å². The minimum Gasteiger partial charge on any atom is -0.380 e. The van der Waals surface area contributed by atoms with Crippen LogP contribution < -0.4 is 10.6 Å². The lowest BCUT2D eigenvalue weighted by atomic mass is 10.4. The van der Waals surface area contributed by atoms with Crippen LogP contribution in [-0.4, -0.2) is 43.4 Å². The molecule has 0 rings (SSSR count). The lowest BCUT2D eigenvalue weighted by molar-refractivity contribution is 0.121. The third-order valence-corrected chi connectivity index (χ3v) is 2.75. The molecule has 3 nitrogen and oxygen atoms in total. The zero-order chi connectivity index (χ0) is 10.8. The van der Waals surface area contributed by atoms with Crippen molar-refractivity contribution in [2.24, 2.45) is 0 Å². The quantitative estimate of drug-likeness (QED) is 0.513. The van der Waals surface area contributed by atoms with Crippen molar-refractivity contribution in [2.45, 2.75) is 19.4 Å². The highest BCUT2D eigenvalue weighted by atomic mass is 32.2. The van der Waals surface area contributed by atoms with E-state index in [9.17, 15) is 0 Å². The first kappa shape index (κ1) is 14.0. The fourth-order valence-corrected chi connectivity index (χ4v) is 1.42. The minimum absolute atomic E-state index is 0.195. The standard InChI is InChI=1S/C9H20N2OS2/c1-8(12-2)7-11-9(13)10-5-4-6-14-3/h8H,4-7H2,1-3H3,(H2,10,11,13). The topological polar surface area (TPSA) is 33.3 Å². The predicted molar refractivity (Wildman–Crippen MR) is 68.1 cm³/mol. The summed E-state index contributed by atoms with van der Waals surface area (Å²) in [7, 11) is 1.70. The van der Waals surface area contributed by atoms with Crippen LogP contribution in [0.4, 0.5) is 0 Å². The number of methoxy groups -OCH3 is 1. The van der Waals surface area contributed by atoms with E-state index < -0.39 is 0 Å². The summed E-state index contributed by atoms with van der Waals surface area (Å²) < 4.78 is 5.09. The fraction of sp³-hybridized carbons (Fsp3) is 0.889. The average Bonchev–Trinajstić information content (AvgIpc) is 2.21. The number of ether oxygens (including phenoxy) is 1. The van der Waals surface area contributed by atoms with Gasteiger partial charge < -0.3 is 15.4 Å². The first-order valence-electron chi connectivity index (χ1n) is 4.74. The van der Waals surface area contributed by atoms with E-state index in [4.69, 9.17) is 17.0 Å². The van der Waals surface area contributed by atoms with E-state index in [1.54, 1.807) is 7.11 Å². The smallest absolute Gasteiger partial charge is 0.166 e. The van der Waals surface area contributed by atoms with Gasteiger partial charge in [0.1, 0.15) is 0 Å². The Morgan fingerprint density at radius 1 is 1.50 bits per heavy atom. The molecule has 0 heterocycles. The Bertz CT molecular complexity index is 156. The summed E-state index contributed by atoms with van der Waals surface area (Å²) in [5, 5.41) is 6.96. The van der Waals surface area contributed by atoms with Crippen LogP contribution in [-0.2, 0) is 4.74 Å². The number of thiocarbonyl (C=S) groups is 1. The molecule has 0 aromatic rings. The lowest BCUT2D eigenvalue weighted by Crippen LogP contribution is -2.39. The lowest BCUT2D eigenvalue weighted by Gasteiger charge is -2.13. The molecule has 0 saturated carbocycles. The molecule has 0 spiro atoms. The van der Waals surface area contributed by atoms with Gasteiger partial charge in [-0.2, -0.15) is 11.8 Å². The molecule has 0 aliphatic heterocycles. The SMILES string of the molecule is COC(C)CNC(=S)NCCCSC. The minimum atomic E-state index is 0.195. The third kappa shape index (κ3) is 8.59. The van der Waals surface area contributed by atoms with Gasteiger partial charge in [0.2, 0.25) is 0 Å². The molecule has 84 valence electrons. The summed E-state index contributed by atoms with van der Waals surface area (Å²) in [5.41, 5.74) is 0. The molecule has 14 heavy (non-hydrogen) atoms. The molecule has 0 amide bonds.